The summed E-state index contributed by atoms with van der Waals surface area (Å²) >= 11 is 7.60. The van der Waals surface area contributed by atoms with Crippen molar-refractivity contribution in [3.8, 4) is 0 Å². The number of halogens is 1. The van der Waals surface area contributed by atoms with Crippen LogP contribution in [0.2, 0.25) is 5.02 Å². The van der Waals surface area contributed by atoms with E-state index in [9.17, 15) is 4.21 Å². The molecule has 0 aromatic heterocycles. The van der Waals surface area contributed by atoms with Gasteiger partial charge < -0.3 is 5.73 Å². The number of thioether (sulfide) groups is 1. The molecule has 0 spiro atoms. The Balaban J connectivity index is 2.80. The van der Waals surface area contributed by atoms with Gasteiger partial charge in [-0.1, -0.05) is 11.6 Å². The Labute approximate surface area is 95.7 Å². The van der Waals surface area contributed by atoms with E-state index in [1.165, 1.54) is 0 Å². The Morgan fingerprint density at radius 3 is 2.86 bits per heavy atom. The summed E-state index contributed by atoms with van der Waals surface area (Å²) in [5.41, 5.74) is 6.14. The lowest BCUT2D eigenvalue weighted by atomic mass is 10.3. The maximum absolute atomic E-state index is 11.7. The van der Waals surface area contributed by atoms with E-state index in [4.69, 9.17) is 17.3 Å². The molecular weight excluding hydrogens is 238 g/mol. The van der Waals surface area contributed by atoms with Crippen molar-refractivity contribution < 1.29 is 4.21 Å². The monoisotopic (exact) mass is 249 g/mol. The lowest BCUT2D eigenvalue weighted by Gasteiger charge is -2.04. The summed E-state index contributed by atoms with van der Waals surface area (Å²) in [6.07, 6.45) is 1.99. The van der Waals surface area contributed by atoms with E-state index in [-0.39, 0.29) is 0 Å². The fourth-order valence-electron chi connectivity index (χ4n) is 0.971. The molecule has 1 unspecified atom stereocenters. The second-order valence-electron chi connectivity index (χ2n) is 2.73. The van der Waals surface area contributed by atoms with Crippen molar-refractivity contribution in [3.63, 3.8) is 0 Å². The Kier molecular flexibility index (Phi) is 4.78. The molecule has 0 saturated heterocycles. The van der Waals surface area contributed by atoms with Crippen molar-refractivity contribution in [2.45, 2.75) is 4.90 Å². The minimum absolute atomic E-state index is 0.490. The van der Waals surface area contributed by atoms with Gasteiger partial charge in [0.1, 0.15) is 0 Å². The first-order valence-electron chi connectivity index (χ1n) is 4.07. The third-order valence-electron chi connectivity index (χ3n) is 1.67. The summed E-state index contributed by atoms with van der Waals surface area (Å²) in [7, 11) is -1.01. The van der Waals surface area contributed by atoms with Gasteiger partial charge in [-0.2, -0.15) is 11.8 Å². The first-order chi connectivity index (χ1) is 6.65. The lowest BCUT2D eigenvalue weighted by Crippen LogP contribution is -2.01. The van der Waals surface area contributed by atoms with Crippen LogP contribution in [0.25, 0.3) is 0 Å². The van der Waals surface area contributed by atoms with E-state index in [1.807, 2.05) is 6.26 Å². The molecule has 1 rings (SSSR count). The molecule has 2 nitrogen and oxygen atoms in total. The molecule has 1 atom stereocenters. The molecule has 0 radical (unpaired) electrons. The van der Waals surface area contributed by atoms with E-state index in [0.29, 0.717) is 21.4 Å². The smallest absolute Gasteiger partial charge is 0.0587 e. The molecule has 78 valence electrons. The average molecular weight is 250 g/mol. The molecule has 0 fully saturated rings. The summed E-state index contributed by atoms with van der Waals surface area (Å²) < 4.78 is 11.7. The number of nitrogen functional groups attached to an aromatic ring is 1. The highest BCUT2D eigenvalue weighted by atomic mass is 35.5. The number of benzene rings is 1. The molecular formula is C9H12ClNOS2. The maximum atomic E-state index is 11.7. The molecule has 0 aliphatic carbocycles. The van der Waals surface area contributed by atoms with Gasteiger partial charge in [0.25, 0.3) is 0 Å². The standard InChI is InChI=1S/C9H12ClNOS2/c1-13-4-5-14(12)9-3-2-7(11)6-8(9)10/h2-3,6H,4-5,11H2,1H3. The Bertz CT molecular complexity index is 344. The molecule has 1 aromatic rings. The third-order valence-corrected chi connectivity index (χ3v) is 4.39. The molecule has 0 saturated carbocycles. The quantitative estimate of drug-likeness (QED) is 0.834. The van der Waals surface area contributed by atoms with Gasteiger partial charge in [0.2, 0.25) is 0 Å². The maximum Gasteiger partial charge on any atom is 0.0587 e. The van der Waals surface area contributed by atoms with E-state index < -0.39 is 10.8 Å². The number of nitrogens with two attached hydrogens (primary N) is 1. The minimum atomic E-state index is -1.01. The molecule has 5 heteroatoms. The third kappa shape index (κ3) is 3.19. The normalized spacial score (nSPS) is 12.7. The molecule has 0 amide bonds. The first-order valence-corrected chi connectivity index (χ1v) is 7.16. The molecule has 2 N–H and O–H groups in total. The van der Waals surface area contributed by atoms with E-state index in [1.54, 1.807) is 30.0 Å². The van der Waals surface area contributed by atoms with Crippen LogP contribution >= 0.6 is 23.4 Å². The molecule has 14 heavy (non-hydrogen) atoms. The van der Waals surface area contributed by atoms with Crippen LogP contribution in [-0.4, -0.2) is 22.0 Å². The summed E-state index contributed by atoms with van der Waals surface area (Å²) in [4.78, 5) is 0.676. The Hall–Kier alpha value is -0.190. The van der Waals surface area contributed by atoms with Gasteiger partial charge in [-0.15, -0.1) is 0 Å². The van der Waals surface area contributed by atoms with Crippen LogP contribution in [0.1, 0.15) is 0 Å². The molecule has 0 aliphatic rings. The second kappa shape index (κ2) is 5.63. The van der Waals surface area contributed by atoms with Crippen molar-refractivity contribution in [3.05, 3.63) is 23.2 Å². The summed E-state index contributed by atoms with van der Waals surface area (Å²) in [5, 5.41) is 0.490. The van der Waals surface area contributed by atoms with Crippen LogP contribution in [-0.2, 0) is 10.8 Å². The molecule has 1 aromatic carbocycles. The van der Waals surface area contributed by atoms with Crippen molar-refractivity contribution >= 4 is 39.8 Å². The zero-order chi connectivity index (χ0) is 10.6. The highest BCUT2D eigenvalue weighted by molar-refractivity contribution is 7.99. The van der Waals surface area contributed by atoms with Crippen LogP contribution in [0, 0.1) is 0 Å². The summed E-state index contributed by atoms with van der Waals surface area (Å²) in [5.74, 6) is 1.50. The number of hydrogen-bond acceptors (Lipinski definition) is 3. The van der Waals surface area contributed by atoms with Gasteiger partial charge in [0, 0.05) is 17.2 Å². The Morgan fingerprint density at radius 1 is 1.57 bits per heavy atom. The van der Waals surface area contributed by atoms with Crippen molar-refractivity contribution in [2.24, 2.45) is 0 Å². The minimum Gasteiger partial charge on any atom is -0.399 e. The summed E-state index contributed by atoms with van der Waals surface area (Å²) in [6, 6.07) is 5.08. The highest BCUT2D eigenvalue weighted by Crippen LogP contribution is 2.22. The van der Waals surface area contributed by atoms with Crippen LogP contribution < -0.4 is 5.73 Å². The van der Waals surface area contributed by atoms with Crippen molar-refractivity contribution in [1.82, 2.24) is 0 Å². The van der Waals surface area contributed by atoms with E-state index in [0.717, 1.165) is 5.75 Å². The Morgan fingerprint density at radius 2 is 2.29 bits per heavy atom. The SMILES string of the molecule is CSCCS(=O)c1ccc(N)cc1Cl. The predicted octanol–water partition coefficient (Wildman–Crippen LogP) is 2.39. The summed E-state index contributed by atoms with van der Waals surface area (Å²) in [6.45, 7) is 0. The fraction of sp³-hybridized carbons (Fsp3) is 0.333. The molecule has 0 bridgehead atoms. The zero-order valence-electron chi connectivity index (χ0n) is 7.83. The van der Waals surface area contributed by atoms with Gasteiger partial charge >= 0.3 is 0 Å². The van der Waals surface area contributed by atoms with E-state index in [2.05, 4.69) is 0 Å². The van der Waals surface area contributed by atoms with Gasteiger partial charge in [-0.3, -0.25) is 4.21 Å². The number of rotatable bonds is 4. The second-order valence-corrected chi connectivity index (χ2v) is 5.66. The van der Waals surface area contributed by atoms with E-state index >= 15 is 0 Å². The fourth-order valence-corrected chi connectivity index (χ4v) is 3.41. The highest BCUT2D eigenvalue weighted by Gasteiger charge is 2.07. The first kappa shape index (κ1) is 11.9. The van der Waals surface area contributed by atoms with Gasteiger partial charge in [-0.05, 0) is 24.5 Å². The molecule has 0 heterocycles. The predicted molar refractivity (Wildman–Crippen MR) is 65.5 cm³/mol. The number of hydrogen-bond donors (Lipinski definition) is 1. The van der Waals surface area contributed by atoms with Crippen LogP contribution in [0.3, 0.4) is 0 Å². The average Bonchev–Trinajstić information content (AvgIpc) is 2.14. The molecule has 0 aliphatic heterocycles. The zero-order valence-corrected chi connectivity index (χ0v) is 10.2. The van der Waals surface area contributed by atoms with Crippen LogP contribution in [0.4, 0.5) is 5.69 Å². The lowest BCUT2D eigenvalue weighted by molar-refractivity contribution is 0.684. The van der Waals surface area contributed by atoms with Gasteiger partial charge in [0.05, 0.1) is 20.7 Å². The number of anilines is 1. The van der Waals surface area contributed by atoms with Gasteiger partial charge in [0.15, 0.2) is 0 Å². The van der Waals surface area contributed by atoms with Crippen molar-refractivity contribution in [1.29, 1.82) is 0 Å². The largest absolute Gasteiger partial charge is 0.399 e. The van der Waals surface area contributed by atoms with Crippen LogP contribution in [0.5, 0.6) is 0 Å². The van der Waals surface area contributed by atoms with Crippen molar-refractivity contribution in [2.75, 3.05) is 23.5 Å². The van der Waals surface area contributed by atoms with Gasteiger partial charge in [-0.25, -0.2) is 0 Å². The topological polar surface area (TPSA) is 43.1 Å². The van der Waals surface area contributed by atoms with Crippen LogP contribution in [0.15, 0.2) is 23.1 Å².